The molecule has 0 spiro atoms. The molecule has 2 aromatic rings. The van der Waals surface area contributed by atoms with Gasteiger partial charge < -0.3 is 10.9 Å². The number of hydrogen-bond acceptors (Lipinski definition) is 6. The maximum absolute atomic E-state index is 10.7. The fourth-order valence-electron chi connectivity index (χ4n) is 1.39. The van der Waals surface area contributed by atoms with Gasteiger partial charge in [-0.05, 0) is 22.6 Å². The van der Waals surface area contributed by atoms with Crippen LogP contribution in [0.4, 0.5) is 5.69 Å². The van der Waals surface area contributed by atoms with Crippen molar-refractivity contribution in [3.63, 3.8) is 0 Å². The first kappa shape index (κ1) is 13.2. The predicted octanol–water partition coefficient (Wildman–Crippen LogP) is 0.875. The quantitative estimate of drug-likeness (QED) is 0.205. The molecule has 0 saturated heterocycles. The van der Waals surface area contributed by atoms with Crippen molar-refractivity contribution in [2.75, 3.05) is 0 Å². The Balaban J connectivity index is 2.63. The van der Waals surface area contributed by atoms with E-state index in [1.807, 2.05) is 0 Å². The molecule has 0 aromatic carbocycles. The van der Waals surface area contributed by atoms with Crippen LogP contribution in [0.3, 0.4) is 0 Å². The highest BCUT2D eigenvalue weighted by Gasteiger charge is 2.17. The van der Waals surface area contributed by atoms with Gasteiger partial charge in [0.1, 0.15) is 6.20 Å². The zero-order chi connectivity index (χ0) is 14.0. The van der Waals surface area contributed by atoms with Crippen LogP contribution in [0.15, 0.2) is 29.8 Å². The van der Waals surface area contributed by atoms with Crippen molar-refractivity contribution >= 4 is 34.1 Å². The van der Waals surface area contributed by atoms with Crippen molar-refractivity contribution in [1.82, 2.24) is 14.8 Å². The van der Waals surface area contributed by atoms with Crippen LogP contribution in [0.1, 0.15) is 5.56 Å². The smallest absolute Gasteiger partial charge is 0.288 e. The Morgan fingerprint density at radius 2 is 2.32 bits per heavy atom. The Labute approximate surface area is 120 Å². The van der Waals surface area contributed by atoms with Crippen LogP contribution in [0.2, 0.25) is 0 Å². The summed E-state index contributed by atoms with van der Waals surface area (Å²) in [5.41, 5.74) is 5.37. The van der Waals surface area contributed by atoms with Gasteiger partial charge in [0.2, 0.25) is 0 Å². The van der Waals surface area contributed by atoms with Crippen molar-refractivity contribution in [3.8, 4) is 5.82 Å². The molecule has 0 aliphatic carbocycles. The van der Waals surface area contributed by atoms with Crippen LogP contribution in [-0.4, -0.2) is 30.7 Å². The van der Waals surface area contributed by atoms with E-state index in [4.69, 9.17) is 10.9 Å². The molecule has 2 heterocycles. The lowest BCUT2D eigenvalue weighted by Crippen LogP contribution is -2.18. The number of pyridine rings is 1. The summed E-state index contributed by atoms with van der Waals surface area (Å²) in [6.07, 6.45) is 4.32. The van der Waals surface area contributed by atoms with Gasteiger partial charge in [-0.3, -0.25) is 10.1 Å². The highest BCUT2D eigenvalue weighted by atomic mass is 127. The molecule has 2 rings (SSSR count). The summed E-state index contributed by atoms with van der Waals surface area (Å²) in [5.74, 6) is -0.0412. The van der Waals surface area contributed by atoms with Crippen LogP contribution in [-0.2, 0) is 0 Å². The number of amidine groups is 1. The number of hydrogen-bond donors (Lipinski definition) is 2. The Morgan fingerprint density at radius 1 is 1.58 bits per heavy atom. The molecule has 98 valence electrons. The molecule has 2 aromatic heterocycles. The molecular weight excluding hydrogens is 367 g/mol. The van der Waals surface area contributed by atoms with E-state index in [2.05, 4.69) is 37.8 Å². The van der Waals surface area contributed by atoms with E-state index in [1.54, 1.807) is 12.4 Å². The molecule has 0 bridgehead atoms. The summed E-state index contributed by atoms with van der Waals surface area (Å²) in [7, 11) is 0. The topological polar surface area (TPSA) is 132 Å². The molecule has 10 heteroatoms. The standard InChI is InChI=1S/C9H7IN6O3/c10-5-2-13-15(4-5)9-7(8(11)14-17)1-6(3-12-9)16(18)19/h1-4,17H,(H2,11,14). The van der Waals surface area contributed by atoms with Crippen LogP contribution in [0.5, 0.6) is 0 Å². The van der Waals surface area contributed by atoms with E-state index < -0.39 is 4.92 Å². The lowest BCUT2D eigenvalue weighted by Gasteiger charge is -2.06. The predicted molar refractivity (Wildman–Crippen MR) is 73.2 cm³/mol. The number of rotatable bonds is 3. The van der Waals surface area contributed by atoms with Gasteiger partial charge in [-0.2, -0.15) is 5.10 Å². The number of halogens is 1. The minimum atomic E-state index is -0.613. The summed E-state index contributed by atoms with van der Waals surface area (Å²) in [5, 5.41) is 26.3. The number of nitro groups is 1. The molecule has 0 saturated carbocycles. The van der Waals surface area contributed by atoms with Gasteiger partial charge in [-0.15, -0.1) is 0 Å². The van der Waals surface area contributed by atoms with Crippen molar-refractivity contribution in [2.45, 2.75) is 0 Å². The van der Waals surface area contributed by atoms with Crippen molar-refractivity contribution in [3.05, 3.63) is 43.9 Å². The Bertz CT molecular complexity index is 668. The van der Waals surface area contributed by atoms with E-state index in [-0.39, 0.29) is 22.9 Å². The van der Waals surface area contributed by atoms with Crippen molar-refractivity contribution in [1.29, 1.82) is 0 Å². The molecule has 0 aliphatic heterocycles. The molecule has 0 aliphatic rings. The zero-order valence-corrected chi connectivity index (χ0v) is 11.4. The second-order valence-corrected chi connectivity index (χ2v) is 4.66. The van der Waals surface area contributed by atoms with Crippen LogP contribution in [0, 0.1) is 13.7 Å². The average Bonchev–Trinajstić information content (AvgIpc) is 2.83. The maximum Gasteiger partial charge on any atom is 0.288 e. The van der Waals surface area contributed by atoms with Gasteiger partial charge in [0, 0.05) is 12.3 Å². The maximum atomic E-state index is 10.7. The Hall–Kier alpha value is -2.24. The Morgan fingerprint density at radius 3 is 2.84 bits per heavy atom. The van der Waals surface area contributed by atoms with Gasteiger partial charge in [0.25, 0.3) is 5.69 Å². The third-order valence-electron chi connectivity index (χ3n) is 2.21. The van der Waals surface area contributed by atoms with Gasteiger partial charge in [0.05, 0.1) is 20.3 Å². The molecule has 19 heavy (non-hydrogen) atoms. The van der Waals surface area contributed by atoms with Crippen LogP contribution in [0.25, 0.3) is 5.82 Å². The van der Waals surface area contributed by atoms with Gasteiger partial charge in [0.15, 0.2) is 11.7 Å². The lowest BCUT2D eigenvalue weighted by molar-refractivity contribution is -0.385. The first-order valence-corrected chi connectivity index (χ1v) is 5.93. The molecule has 0 fully saturated rings. The number of nitrogens with zero attached hydrogens (tertiary/aromatic N) is 5. The minimum Gasteiger partial charge on any atom is -0.409 e. The first-order valence-electron chi connectivity index (χ1n) is 4.86. The van der Waals surface area contributed by atoms with E-state index in [1.165, 1.54) is 10.7 Å². The highest BCUT2D eigenvalue weighted by Crippen LogP contribution is 2.18. The number of aromatic nitrogens is 3. The van der Waals surface area contributed by atoms with Gasteiger partial charge in [-0.25, -0.2) is 9.67 Å². The summed E-state index contributed by atoms with van der Waals surface area (Å²) < 4.78 is 2.24. The van der Waals surface area contributed by atoms with Gasteiger partial charge in [-0.1, -0.05) is 5.16 Å². The SMILES string of the molecule is NC(=NO)c1cc([N+](=O)[O-])cnc1-n1cc(I)cn1. The zero-order valence-electron chi connectivity index (χ0n) is 9.26. The normalized spacial score (nSPS) is 11.5. The average molecular weight is 374 g/mol. The molecule has 0 unspecified atom stereocenters. The highest BCUT2D eigenvalue weighted by molar-refractivity contribution is 14.1. The fourth-order valence-corrected chi connectivity index (χ4v) is 1.78. The Kier molecular flexibility index (Phi) is 3.59. The van der Waals surface area contributed by atoms with E-state index >= 15 is 0 Å². The fraction of sp³-hybridized carbons (Fsp3) is 0. The second-order valence-electron chi connectivity index (χ2n) is 3.41. The lowest BCUT2D eigenvalue weighted by atomic mass is 10.2. The van der Waals surface area contributed by atoms with Crippen LogP contribution < -0.4 is 5.73 Å². The van der Waals surface area contributed by atoms with E-state index in [9.17, 15) is 10.1 Å². The molecule has 0 atom stereocenters. The molecular formula is C9H7IN6O3. The summed E-state index contributed by atoms with van der Waals surface area (Å²) >= 11 is 2.05. The number of oxime groups is 1. The summed E-state index contributed by atoms with van der Waals surface area (Å²) in [4.78, 5) is 14.0. The third-order valence-corrected chi connectivity index (χ3v) is 2.77. The largest absolute Gasteiger partial charge is 0.409 e. The van der Waals surface area contributed by atoms with Crippen molar-refractivity contribution in [2.24, 2.45) is 10.9 Å². The van der Waals surface area contributed by atoms with Crippen LogP contribution >= 0.6 is 22.6 Å². The number of nitrogens with two attached hydrogens (primary N) is 1. The van der Waals surface area contributed by atoms with E-state index in [0.29, 0.717) is 0 Å². The first-order chi connectivity index (χ1) is 9.02. The van der Waals surface area contributed by atoms with Gasteiger partial charge >= 0.3 is 0 Å². The molecule has 3 N–H and O–H groups in total. The van der Waals surface area contributed by atoms with E-state index in [0.717, 1.165) is 9.77 Å². The molecule has 9 nitrogen and oxygen atoms in total. The molecule has 0 radical (unpaired) electrons. The monoisotopic (exact) mass is 374 g/mol. The summed E-state index contributed by atoms with van der Waals surface area (Å²) in [6.45, 7) is 0. The summed E-state index contributed by atoms with van der Waals surface area (Å²) in [6, 6.07) is 1.17. The minimum absolute atomic E-state index is 0.121. The second kappa shape index (κ2) is 5.17. The van der Waals surface area contributed by atoms with Crippen molar-refractivity contribution < 1.29 is 10.1 Å². The third kappa shape index (κ3) is 2.62. The molecule has 0 amide bonds.